The summed E-state index contributed by atoms with van der Waals surface area (Å²) in [4.78, 5) is 14.7. The Balaban J connectivity index is 1.71. The number of hydrogen-bond acceptors (Lipinski definition) is 3. The highest BCUT2D eigenvalue weighted by Crippen LogP contribution is 2.24. The molecule has 24 heavy (non-hydrogen) atoms. The van der Waals surface area contributed by atoms with E-state index in [0.29, 0.717) is 44.1 Å². The van der Waals surface area contributed by atoms with Crippen LogP contribution in [-0.2, 0) is 11.3 Å². The SMILES string of the molecule is O=C(c1cc2occc2n1Cc1ccc(F)cc1)N1CCOCC1. The summed E-state index contributed by atoms with van der Waals surface area (Å²) in [6, 6.07) is 9.92. The van der Waals surface area contributed by atoms with Gasteiger partial charge in [-0.3, -0.25) is 4.79 Å². The normalized spacial score (nSPS) is 15.1. The molecule has 124 valence electrons. The lowest BCUT2D eigenvalue weighted by molar-refractivity contribution is 0.0296. The van der Waals surface area contributed by atoms with Crippen molar-refractivity contribution >= 4 is 17.0 Å². The van der Waals surface area contributed by atoms with Gasteiger partial charge in [-0.25, -0.2) is 4.39 Å². The van der Waals surface area contributed by atoms with E-state index in [1.165, 1.54) is 12.1 Å². The lowest BCUT2D eigenvalue weighted by Crippen LogP contribution is -2.41. The van der Waals surface area contributed by atoms with Crippen LogP contribution in [-0.4, -0.2) is 41.7 Å². The molecule has 0 unspecified atom stereocenters. The van der Waals surface area contributed by atoms with Gasteiger partial charge in [0.25, 0.3) is 5.91 Å². The molecule has 3 heterocycles. The molecule has 0 radical (unpaired) electrons. The highest BCUT2D eigenvalue weighted by molar-refractivity contribution is 5.97. The molecule has 0 N–H and O–H groups in total. The van der Waals surface area contributed by atoms with Crippen LogP contribution in [0.15, 0.2) is 47.1 Å². The maximum Gasteiger partial charge on any atom is 0.270 e. The topological polar surface area (TPSA) is 47.6 Å². The Morgan fingerprint density at radius 1 is 1.12 bits per heavy atom. The molecule has 0 spiro atoms. The standard InChI is InChI=1S/C18H17FN2O3/c19-14-3-1-13(2-4-14)12-21-15-5-8-24-17(15)11-16(21)18(22)20-6-9-23-10-7-20/h1-5,8,11H,6-7,9-10,12H2. The molecule has 1 aromatic carbocycles. The van der Waals surface area contributed by atoms with Crippen LogP contribution < -0.4 is 0 Å². The Kier molecular flexibility index (Phi) is 3.82. The van der Waals surface area contributed by atoms with E-state index in [1.807, 2.05) is 10.6 Å². The Hall–Kier alpha value is -2.60. The predicted octanol–water partition coefficient (Wildman–Crippen LogP) is 2.89. The summed E-state index contributed by atoms with van der Waals surface area (Å²) in [5, 5.41) is 0. The maximum absolute atomic E-state index is 13.1. The predicted molar refractivity (Wildman–Crippen MR) is 86.4 cm³/mol. The van der Waals surface area contributed by atoms with Crippen LogP contribution in [0.4, 0.5) is 4.39 Å². The van der Waals surface area contributed by atoms with Crippen molar-refractivity contribution in [3.63, 3.8) is 0 Å². The van der Waals surface area contributed by atoms with E-state index >= 15 is 0 Å². The quantitative estimate of drug-likeness (QED) is 0.743. The van der Waals surface area contributed by atoms with E-state index in [9.17, 15) is 9.18 Å². The van der Waals surface area contributed by atoms with E-state index in [2.05, 4.69) is 0 Å². The summed E-state index contributed by atoms with van der Waals surface area (Å²) in [7, 11) is 0. The lowest BCUT2D eigenvalue weighted by Gasteiger charge is -2.27. The van der Waals surface area contributed by atoms with Crippen LogP contribution in [0, 0.1) is 5.82 Å². The fourth-order valence-electron chi connectivity index (χ4n) is 3.03. The Labute approximate surface area is 138 Å². The van der Waals surface area contributed by atoms with Gasteiger partial charge in [0, 0.05) is 31.8 Å². The van der Waals surface area contributed by atoms with Gasteiger partial charge in [-0.05, 0) is 17.7 Å². The van der Waals surface area contributed by atoms with Crippen molar-refractivity contribution in [3.05, 3.63) is 59.7 Å². The first kappa shape index (κ1) is 15.0. The third-order valence-corrected chi connectivity index (χ3v) is 4.29. The van der Waals surface area contributed by atoms with Crippen LogP contribution in [0.1, 0.15) is 16.1 Å². The molecular formula is C18H17FN2O3. The minimum absolute atomic E-state index is 0.0354. The Morgan fingerprint density at radius 2 is 1.88 bits per heavy atom. The van der Waals surface area contributed by atoms with E-state index < -0.39 is 0 Å². The van der Waals surface area contributed by atoms with Crippen molar-refractivity contribution < 1.29 is 18.3 Å². The van der Waals surface area contributed by atoms with Gasteiger partial charge >= 0.3 is 0 Å². The molecule has 0 bridgehead atoms. The number of ether oxygens (including phenoxy) is 1. The summed E-state index contributed by atoms with van der Waals surface area (Å²) < 4.78 is 25.8. The zero-order chi connectivity index (χ0) is 16.5. The average molecular weight is 328 g/mol. The average Bonchev–Trinajstić information content (AvgIpc) is 3.19. The van der Waals surface area contributed by atoms with Gasteiger partial charge in [0.1, 0.15) is 11.5 Å². The number of furan rings is 1. The molecule has 1 aliphatic heterocycles. The van der Waals surface area contributed by atoms with E-state index in [4.69, 9.17) is 9.15 Å². The largest absolute Gasteiger partial charge is 0.463 e. The molecule has 0 atom stereocenters. The second-order valence-electron chi connectivity index (χ2n) is 5.82. The van der Waals surface area contributed by atoms with Gasteiger partial charge in [-0.15, -0.1) is 0 Å². The molecule has 3 aromatic rings. The second-order valence-corrected chi connectivity index (χ2v) is 5.82. The number of carbonyl (C=O) groups is 1. The first-order chi connectivity index (χ1) is 11.7. The molecule has 4 rings (SSSR count). The van der Waals surface area contributed by atoms with Gasteiger partial charge < -0.3 is 18.6 Å². The summed E-state index contributed by atoms with van der Waals surface area (Å²) >= 11 is 0. The number of rotatable bonds is 3. The monoisotopic (exact) mass is 328 g/mol. The number of amides is 1. The number of carbonyl (C=O) groups excluding carboxylic acids is 1. The first-order valence-electron chi connectivity index (χ1n) is 7.90. The molecular weight excluding hydrogens is 311 g/mol. The summed E-state index contributed by atoms with van der Waals surface area (Å²) in [5.74, 6) is -0.309. The van der Waals surface area contributed by atoms with Crippen LogP contribution in [0.3, 0.4) is 0 Å². The summed E-state index contributed by atoms with van der Waals surface area (Å²) in [6.45, 7) is 2.76. The summed E-state index contributed by atoms with van der Waals surface area (Å²) in [5.41, 5.74) is 3.03. The van der Waals surface area contributed by atoms with Crippen LogP contribution in [0.5, 0.6) is 0 Å². The van der Waals surface area contributed by atoms with Crippen molar-refractivity contribution in [1.82, 2.24) is 9.47 Å². The van der Waals surface area contributed by atoms with Gasteiger partial charge in [0.05, 0.1) is 25.0 Å². The number of nitrogens with zero attached hydrogens (tertiary/aromatic N) is 2. The smallest absolute Gasteiger partial charge is 0.270 e. The van der Waals surface area contributed by atoms with E-state index in [1.54, 1.807) is 29.4 Å². The molecule has 1 aliphatic rings. The van der Waals surface area contributed by atoms with Crippen LogP contribution in [0.2, 0.25) is 0 Å². The fraction of sp³-hybridized carbons (Fsp3) is 0.278. The zero-order valence-corrected chi connectivity index (χ0v) is 13.1. The third-order valence-electron chi connectivity index (χ3n) is 4.29. The van der Waals surface area contributed by atoms with Gasteiger partial charge in [0.2, 0.25) is 0 Å². The first-order valence-corrected chi connectivity index (χ1v) is 7.90. The Bertz CT molecular complexity index is 860. The number of halogens is 1. The van der Waals surface area contributed by atoms with Crippen molar-refractivity contribution in [3.8, 4) is 0 Å². The number of fused-ring (bicyclic) bond motifs is 1. The van der Waals surface area contributed by atoms with Crippen molar-refractivity contribution in [2.24, 2.45) is 0 Å². The summed E-state index contributed by atoms with van der Waals surface area (Å²) in [6.07, 6.45) is 1.61. The molecule has 0 aliphatic carbocycles. The Morgan fingerprint density at radius 3 is 2.62 bits per heavy atom. The van der Waals surface area contributed by atoms with Crippen molar-refractivity contribution in [2.75, 3.05) is 26.3 Å². The molecule has 5 nitrogen and oxygen atoms in total. The molecule has 0 saturated carbocycles. The molecule has 1 fully saturated rings. The van der Waals surface area contributed by atoms with Crippen molar-refractivity contribution in [1.29, 1.82) is 0 Å². The number of benzene rings is 1. The van der Waals surface area contributed by atoms with E-state index in [0.717, 1.165) is 11.1 Å². The number of hydrogen-bond donors (Lipinski definition) is 0. The number of aromatic nitrogens is 1. The van der Waals surface area contributed by atoms with E-state index in [-0.39, 0.29) is 11.7 Å². The highest BCUT2D eigenvalue weighted by Gasteiger charge is 2.24. The second kappa shape index (κ2) is 6.13. The fourth-order valence-corrected chi connectivity index (χ4v) is 3.03. The van der Waals surface area contributed by atoms with Gasteiger partial charge in [-0.2, -0.15) is 0 Å². The van der Waals surface area contributed by atoms with Gasteiger partial charge in [0.15, 0.2) is 5.58 Å². The maximum atomic E-state index is 13.1. The van der Waals surface area contributed by atoms with Crippen LogP contribution in [0.25, 0.3) is 11.1 Å². The molecule has 2 aromatic heterocycles. The van der Waals surface area contributed by atoms with Crippen LogP contribution >= 0.6 is 0 Å². The minimum Gasteiger partial charge on any atom is -0.463 e. The molecule has 1 saturated heterocycles. The molecule has 1 amide bonds. The zero-order valence-electron chi connectivity index (χ0n) is 13.1. The highest BCUT2D eigenvalue weighted by atomic mass is 19.1. The molecule has 6 heteroatoms. The third kappa shape index (κ3) is 2.69. The van der Waals surface area contributed by atoms with Crippen molar-refractivity contribution in [2.45, 2.75) is 6.54 Å². The minimum atomic E-state index is -0.274. The lowest BCUT2D eigenvalue weighted by atomic mass is 10.2. The van der Waals surface area contributed by atoms with Gasteiger partial charge in [-0.1, -0.05) is 12.1 Å². The number of morpholine rings is 1.